The third-order valence-electron chi connectivity index (χ3n) is 4.75. The van der Waals surface area contributed by atoms with E-state index in [1.54, 1.807) is 0 Å². The van der Waals surface area contributed by atoms with Gasteiger partial charge in [0.2, 0.25) is 0 Å². The zero-order valence-corrected chi connectivity index (χ0v) is 11.1. The fourth-order valence-electron chi connectivity index (χ4n) is 3.28. The highest BCUT2D eigenvalue weighted by atomic mass is 16.3. The van der Waals surface area contributed by atoms with Crippen LogP contribution in [0.2, 0.25) is 0 Å². The van der Waals surface area contributed by atoms with Gasteiger partial charge in [0.15, 0.2) is 0 Å². The smallest absolute Gasteiger partial charge is 0.0564 e. The summed E-state index contributed by atoms with van der Waals surface area (Å²) in [6, 6.07) is 0. The number of hydrogen-bond donors (Lipinski definition) is 2. The Hall–Kier alpha value is -0.160. The van der Waals surface area contributed by atoms with Crippen molar-refractivity contribution in [1.82, 2.24) is 9.80 Å². The SMILES string of the molecule is CCN1CCC(CN)(N2CCC(O)CC2)CC1. The van der Waals surface area contributed by atoms with Gasteiger partial charge < -0.3 is 15.7 Å². The molecule has 2 saturated heterocycles. The van der Waals surface area contributed by atoms with Crippen LogP contribution in [-0.4, -0.2) is 65.8 Å². The Labute approximate surface area is 105 Å². The topological polar surface area (TPSA) is 52.7 Å². The van der Waals surface area contributed by atoms with Crippen LogP contribution in [0.25, 0.3) is 0 Å². The molecule has 0 aromatic carbocycles. The summed E-state index contributed by atoms with van der Waals surface area (Å²) in [5.74, 6) is 0. The zero-order valence-electron chi connectivity index (χ0n) is 11.1. The normalized spacial score (nSPS) is 28.4. The molecule has 0 aromatic heterocycles. The van der Waals surface area contributed by atoms with Crippen LogP contribution >= 0.6 is 0 Å². The fourth-order valence-corrected chi connectivity index (χ4v) is 3.28. The van der Waals surface area contributed by atoms with Gasteiger partial charge in [0, 0.05) is 25.2 Å². The Morgan fingerprint density at radius 1 is 1.18 bits per heavy atom. The Kier molecular flexibility index (Phi) is 4.42. The molecule has 2 rings (SSSR count). The maximum Gasteiger partial charge on any atom is 0.0564 e. The number of piperidine rings is 2. The molecule has 3 N–H and O–H groups in total. The van der Waals surface area contributed by atoms with Gasteiger partial charge >= 0.3 is 0 Å². The number of aliphatic hydroxyl groups excluding tert-OH is 1. The standard InChI is InChI=1S/C13H27N3O/c1-2-15-9-5-13(11-14,6-10-15)16-7-3-12(17)4-8-16/h12,17H,2-11,14H2,1H3. The molecular formula is C13H27N3O. The summed E-state index contributed by atoms with van der Waals surface area (Å²) in [5.41, 5.74) is 6.28. The van der Waals surface area contributed by atoms with Gasteiger partial charge in [-0.25, -0.2) is 0 Å². The molecule has 2 fully saturated rings. The summed E-state index contributed by atoms with van der Waals surface area (Å²) in [7, 11) is 0. The molecule has 2 heterocycles. The van der Waals surface area contributed by atoms with E-state index in [1.807, 2.05) is 0 Å². The van der Waals surface area contributed by atoms with E-state index >= 15 is 0 Å². The van der Waals surface area contributed by atoms with E-state index in [0.717, 1.165) is 39.0 Å². The second-order valence-corrected chi connectivity index (χ2v) is 5.58. The van der Waals surface area contributed by atoms with Crippen molar-refractivity contribution in [2.45, 2.75) is 44.2 Å². The van der Waals surface area contributed by atoms with Crippen LogP contribution in [0, 0.1) is 0 Å². The molecule has 2 aliphatic rings. The number of rotatable bonds is 3. The van der Waals surface area contributed by atoms with E-state index < -0.39 is 0 Å². The van der Waals surface area contributed by atoms with Crippen molar-refractivity contribution in [2.75, 3.05) is 39.3 Å². The maximum atomic E-state index is 9.60. The summed E-state index contributed by atoms with van der Waals surface area (Å²) in [6.07, 6.45) is 4.12. The highest BCUT2D eigenvalue weighted by Gasteiger charge is 2.39. The summed E-state index contributed by atoms with van der Waals surface area (Å²) in [6.45, 7) is 8.53. The molecule has 0 unspecified atom stereocenters. The van der Waals surface area contributed by atoms with Gasteiger partial charge in [0.25, 0.3) is 0 Å². The first-order chi connectivity index (χ1) is 8.20. The highest BCUT2D eigenvalue weighted by Crippen LogP contribution is 2.30. The Balaban J connectivity index is 1.95. The van der Waals surface area contributed by atoms with Gasteiger partial charge in [-0.15, -0.1) is 0 Å². The molecule has 0 aliphatic carbocycles. The Morgan fingerprint density at radius 2 is 1.76 bits per heavy atom. The molecule has 0 radical (unpaired) electrons. The molecular weight excluding hydrogens is 214 g/mol. The Bertz CT molecular complexity index is 231. The zero-order chi connectivity index (χ0) is 12.3. The highest BCUT2D eigenvalue weighted by molar-refractivity contribution is 4.97. The minimum absolute atomic E-state index is 0.0863. The van der Waals surface area contributed by atoms with Crippen LogP contribution in [0.4, 0.5) is 0 Å². The monoisotopic (exact) mass is 241 g/mol. The largest absolute Gasteiger partial charge is 0.393 e. The predicted molar refractivity (Wildman–Crippen MR) is 69.9 cm³/mol. The second-order valence-electron chi connectivity index (χ2n) is 5.58. The number of likely N-dealkylation sites (tertiary alicyclic amines) is 2. The number of aliphatic hydroxyl groups is 1. The lowest BCUT2D eigenvalue weighted by Crippen LogP contribution is -2.61. The molecule has 0 saturated carbocycles. The van der Waals surface area contributed by atoms with Crippen molar-refractivity contribution in [3.8, 4) is 0 Å². The van der Waals surface area contributed by atoms with Gasteiger partial charge in [0.05, 0.1) is 6.10 Å². The molecule has 100 valence electrons. The maximum absolute atomic E-state index is 9.60. The minimum Gasteiger partial charge on any atom is -0.393 e. The molecule has 0 aromatic rings. The van der Waals surface area contributed by atoms with Crippen LogP contribution in [-0.2, 0) is 0 Å². The Morgan fingerprint density at radius 3 is 2.24 bits per heavy atom. The van der Waals surface area contributed by atoms with E-state index in [1.165, 1.54) is 25.9 Å². The van der Waals surface area contributed by atoms with Crippen molar-refractivity contribution < 1.29 is 5.11 Å². The fraction of sp³-hybridized carbons (Fsp3) is 1.00. The average molecular weight is 241 g/mol. The summed E-state index contributed by atoms with van der Waals surface area (Å²) in [5, 5.41) is 9.60. The lowest BCUT2D eigenvalue weighted by atomic mass is 9.84. The van der Waals surface area contributed by atoms with Crippen molar-refractivity contribution in [2.24, 2.45) is 5.73 Å². The number of nitrogens with two attached hydrogens (primary N) is 1. The predicted octanol–water partition coefficient (Wildman–Crippen LogP) is 0.256. The third kappa shape index (κ3) is 2.81. The van der Waals surface area contributed by atoms with Crippen LogP contribution in [0.1, 0.15) is 32.6 Å². The summed E-state index contributed by atoms with van der Waals surface area (Å²) < 4.78 is 0. The number of hydrogen-bond acceptors (Lipinski definition) is 4. The van der Waals surface area contributed by atoms with E-state index in [2.05, 4.69) is 16.7 Å². The van der Waals surface area contributed by atoms with E-state index in [9.17, 15) is 5.11 Å². The van der Waals surface area contributed by atoms with Crippen LogP contribution < -0.4 is 5.73 Å². The van der Waals surface area contributed by atoms with E-state index in [0.29, 0.717) is 0 Å². The average Bonchev–Trinajstić information content (AvgIpc) is 2.40. The molecule has 0 spiro atoms. The lowest BCUT2D eigenvalue weighted by molar-refractivity contribution is -0.0142. The molecule has 4 heteroatoms. The first kappa shape index (κ1) is 13.3. The van der Waals surface area contributed by atoms with Gasteiger partial charge in [-0.05, 0) is 45.3 Å². The third-order valence-corrected chi connectivity index (χ3v) is 4.75. The van der Waals surface area contributed by atoms with Gasteiger partial charge in [0.1, 0.15) is 0 Å². The van der Waals surface area contributed by atoms with Gasteiger partial charge in [-0.2, -0.15) is 0 Å². The van der Waals surface area contributed by atoms with Gasteiger partial charge in [-0.1, -0.05) is 6.92 Å². The first-order valence-electron chi connectivity index (χ1n) is 7.06. The van der Waals surface area contributed by atoms with Crippen LogP contribution in [0.3, 0.4) is 0 Å². The molecule has 0 bridgehead atoms. The molecule has 0 atom stereocenters. The van der Waals surface area contributed by atoms with Crippen molar-refractivity contribution >= 4 is 0 Å². The second kappa shape index (κ2) is 5.65. The summed E-state index contributed by atoms with van der Waals surface area (Å²) in [4.78, 5) is 5.05. The molecule has 17 heavy (non-hydrogen) atoms. The molecule has 0 amide bonds. The molecule has 4 nitrogen and oxygen atoms in total. The van der Waals surface area contributed by atoms with Gasteiger partial charge in [-0.3, -0.25) is 4.90 Å². The van der Waals surface area contributed by atoms with E-state index in [4.69, 9.17) is 5.73 Å². The number of nitrogens with zero attached hydrogens (tertiary/aromatic N) is 2. The van der Waals surface area contributed by atoms with Crippen LogP contribution in [0.5, 0.6) is 0 Å². The van der Waals surface area contributed by atoms with Crippen molar-refractivity contribution in [3.05, 3.63) is 0 Å². The van der Waals surface area contributed by atoms with Crippen molar-refractivity contribution in [1.29, 1.82) is 0 Å². The molecule has 2 aliphatic heterocycles. The summed E-state index contributed by atoms with van der Waals surface area (Å²) >= 11 is 0. The minimum atomic E-state index is -0.0863. The first-order valence-corrected chi connectivity index (χ1v) is 7.06. The van der Waals surface area contributed by atoms with Crippen molar-refractivity contribution in [3.63, 3.8) is 0 Å². The lowest BCUT2D eigenvalue weighted by Gasteiger charge is -2.50. The van der Waals surface area contributed by atoms with Crippen LogP contribution in [0.15, 0.2) is 0 Å². The quantitative estimate of drug-likeness (QED) is 0.744. The van der Waals surface area contributed by atoms with E-state index in [-0.39, 0.29) is 11.6 Å².